The zero-order valence-corrected chi connectivity index (χ0v) is 84.8. The number of fused-ring (bicyclic) bond motifs is 4. The molecule has 0 unspecified atom stereocenters. The summed E-state index contributed by atoms with van der Waals surface area (Å²) in [5.41, 5.74) is 23.7. The van der Waals surface area contributed by atoms with E-state index in [1.807, 2.05) is 19.6 Å². The first-order valence-corrected chi connectivity index (χ1v) is 48.7. The fourth-order valence-electron chi connectivity index (χ4n) is 18.8. The molecule has 0 saturated carbocycles. The van der Waals surface area contributed by atoms with Crippen molar-refractivity contribution in [1.82, 2.24) is 87.5 Å². The van der Waals surface area contributed by atoms with E-state index in [1.165, 1.54) is 91.6 Å². The number of amides is 4. The molecule has 0 radical (unpaired) electrons. The van der Waals surface area contributed by atoms with Crippen LogP contribution in [-0.2, 0) is 19.2 Å². The third kappa shape index (κ3) is 20.3. The molecule has 12 aromatic rings. The average Bonchev–Trinajstić information content (AvgIpc) is 0.755. The minimum atomic E-state index is -0.847. The lowest BCUT2D eigenvalue weighted by atomic mass is 10.1. The van der Waals surface area contributed by atoms with Gasteiger partial charge in [0.2, 0.25) is 35.5 Å². The summed E-state index contributed by atoms with van der Waals surface area (Å²) < 4.78 is 64.9. The number of halogens is 10. The Labute approximate surface area is 854 Å². The van der Waals surface area contributed by atoms with Crippen LogP contribution in [0.25, 0.3) is 66.4 Å². The summed E-state index contributed by atoms with van der Waals surface area (Å²) in [4.78, 5) is 163. The number of hydrogen-bond acceptors (Lipinski definition) is 28. The van der Waals surface area contributed by atoms with Crippen LogP contribution in [0.15, 0.2) is 143 Å². The fraction of sp³-hybridized carbons (Fsp3) is 0.347. The molecule has 14 heterocycles. The highest BCUT2D eigenvalue weighted by Gasteiger charge is 2.39. The van der Waals surface area contributed by atoms with E-state index >= 15 is 8.78 Å². The van der Waals surface area contributed by atoms with E-state index in [0.717, 1.165) is 52.4 Å². The predicted octanol–water partition coefficient (Wildman–Crippen LogP) is 11.6. The maximum absolute atomic E-state index is 15.3. The second kappa shape index (κ2) is 43.8. The molecular weight excluding hydrogens is 1990 g/mol. The molecule has 144 heavy (non-hydrogen) atoms. The van der Waals surface area contributed by atoms with E-state index < -0.39 is 45.5 Å². The van der Waals surface area contributed by atoms with Gasteiger partial charge in [0.1, 0.15) is 80.7 Å². The highest BCUT2D eigenvalue weighted by molar-refractivity contribution is 6.38. The number of likely N-dealkylation sites (N-methyl/N-ethyl adjacent to an activating group) is 2. The standard InChI is InChI=1S/2C28H33Cl2FN8O2.2C21H20ClFN6O2/c2*1-5-21(40)36-8-10-37(11-9-36)26-18-12-16(4)39(25-22(31)19(29)13-20(30)23(25)32)27(41)24(18)33-28(34-26)38-14-17(15-38)35(6-2)7-3;2*1-3-16(30)27-6-8-28(9-7-27)20-13-10-12(2)29(21(31)18(13)25-11-26-20)19-15(24)5-4-14(22)17(19)23/h2*5,12-13,17H,1,6-11,14-15,32H2,2-4H3;2*3-5,10-11H,1,6-9,24H2,2H3. The van der Waals surface area contributed by atoms with Crippen LogP contribution in [0.2, 0.25) is 30.1 Å². The minimum absolute atomic E-state index is 0.0387. The van der Waals surface area contributed by atoms with Gasteiger partial charge in [-0.05, 0) is 139 Å². The third-order valence-corrected chi connectivity index (χ3v) is 28.4. The molecule has 4 aromatic carbocycles. The second-order valence-corrected chi connectivity index (χ2v) is 37.3. The average molecular weight is 2090 g/mol. The summed E-state index contributed by atoms with van der Waals surface area (Å²) in [6.07, 6.45) is 7.81. The van der Waals surface area contributed by atoms with Gasteiger partial charge in [-0.2, -0.15) is 9.97 Å². The van der Waals surface area contributed by atoms with E-state index in [1.54, 1.807) is 71.6 Å². The smallest absolute Gasteiger partial charge is 0.282 e. The van der Waals surface area contributed by atoms with E-state index in [0.29, 0.717) is 196 Å². The Morgan fingerprint density at radius 3 is 0.882 bits per heavy atom. The first-order valence-electron chi connectivity index (χ1n) is 46.5. The van der Waals surface area contributed by atoms with Gasteiger partial charge in [0, 0.05) is 166 Å². The van der Waals surface area contributed by atoms with Crippen molar-refractivity contribution < 1.29 is 36.7 Å². The van der Waals surface area contributed by atoms with Gasteiger partial charge in [-0.15, -0.1) is 0 Å². The molecule has 8 N–H and O–H groups in total. The van der Waals surface area contributed by atoms with Gasteiger partial charge in [-0.3, -0.25) is 66.4 Å². The number of nitrogens with two attached hydrogens (primary N) is 4. The van der Waals surface area contributed by atoms with Crippen LogP contribution >= 0.6 is 69.6 Å². The molecule has 6 saturated heterocycles. The van der Waals surface area contributed by atoms with E-state index in [4.69, 9.17) is 112 Å². The van der Waals surface area contributed by atoms with Crippen LogP contribution in [0, 0.1) is 51.0 Å². The van der Waals surface area contributed by atoms with Crippen molar-refractivity contribution in [3.05, 3.63) is 242 Å². The molecule has 4 amide bonds. The van der Waals surface area contributed by atoms with Crippen LogP contribution in [0.1, 0.15) is 50.5 Å². The monoisotopic (exact) mass is 2090 g/mol. The minimum Gasteiger partial charge on any atom is -0.397 e. The van der Waals surface area contributed by atoms with Crippen molar-refractivity contribution in [1.29, 1.82) is 0 Å². The molecular formula is C98H106Cl6F4N28O8. The quantitative estimate of drug-likeness (QED) is 0.0238. The Morgan fingerprint density at radius 1 is 0.347 bits per heavy atom. The molecule has 0 spiro atoms. The molecule has 6 fully saturated rings. The number of benzene rings is 4. The number of pyridine rings is 4. The third-order valence-electron chi connectivity index (χ3n) is 26.7. The molecule has 0 aliphatic carbocycles. The first kappa shape index (κ1) is 105. The number of anilines is 10. The lowest BCUT2D eigenvalue weighted by Crippen LogP contribution is -2.60. The normalized spacial score (nSPS) is 15.2. The number of piperazine rings is 4. The van der Waals surface area contributed by atoms with E-state index in [9.17, 15) is 47.1 Å². The number of nitrogen functional groups attached to an aromatic ring is 4. The van der Waals surface area contributed by atoms with Crippen LogP contribution in [0.5, 0.6) is 0 Å². The molecule has 46 heteroatoms. The van der Waals surface area contributed by atoms with E-state index in [2.05, 4.69) is 93.5 Å². The molecule has 6 aliphatic heterocycles. The Kier molecular flexibility index (Phi) is 31.8. The summed E-state index contributed by atoms with van der Waals surface area (Å²) in [6, 6.07) is 15.7. The van der Waals surface area contributed by atoms with Gasteiger partial charge in [0.05, 0.1) is 74.4 Å². The predicted molar refractivity (Wildman–Crippen MR) is 561 cm³/mol. The number of hydrogen-bond donors (Lipinski definition) is 4. The highest BCUT2D eigenvalue weighted by Crippen LogP contribution is 2.41. The van der Waals surface area contributed by atoms with Gasteiger partial charge in [0.15, 0.2) is 23.3 Å². The SMILES string of the molecule is C=CC(=O)N1CCN(c2nc(N3CC(N(CC)CC)C3)nc3c(=O)n(-c4c(N)c(Cl)cc(Cl)c4F)c(C)cc23)CC1.C=CC(=O)N1CCN(c2nc(N3CC(N(CC)CC)C3)nc3c(=O)n(-c4c(N)c(Cl)cc(Cl)c4F)c(C)cc23)CC1.C=CC(=O)N1CCN(c2ncnc3c(=O)n(-c4c(N)ccc(Cl)c4F)c(C)cc23)CC1.C=CC(=O)N1CCN(c2ncnc3c(=O)n(-c4c(N)ccc(Cl)c4F)c(C)cc23)CC1. The maximum Gasteiger partial charge on any atom is 0.282 e. The molecule has 0 atom stereocenters. The van der Waals surface area contributed by atoms with Crippen LogP contribution in [-0.4, -0.2) is 280 Å². The zero-order chi connectivity index (χ0) is 104. The largest absolute Gasteiger partial charge is 0.397 e. The van der Waals surface area contributed by atoms with Gasteiger partial charge in [0.25, 0.3) is 22.2 Å². The van der Waals surface area contributed by atoms with Crippen LogP contribution in [0.4, 0.5) is 75.5 Å². The van der Waals surface area contributed by atoms with Gasteiger partial charge < -0.3 is 71.9 Å². The van der Waals surface area contributed by atoms with Crippen molar-refractivity contribution >= 4 is 195 Å². The number of nitrogens with zero attached hydrogens (tertiary/aromatic N) is 24. The topological polar surface area (TPSA) is 402 Å². The number of carbonyl (C=O) groups excluding carboxylic acids is 4. The molecule has 0 bridgehead atoms. The summed E-state index contributed by atoms with van der Waals surface area (Å²) in [5.74, 6) is -0.536. The molecule has 756 valence electrons. The fourth-order valence-corrected chi connectivity index (χ4v) is 20.1. The van der Waals surface area contributed by atoms with E-state index in [-0.39, 0.29) is 121 Å². The Morgan fingerprint density at radius 2 is 0.604 bits per heavy atom. The van der Waals surface area contributed by atoms with Crippen molar-refractivity contribution in [2.24, 2.45) is 0 Å². The number of aromatic nitrogens is 12. The number of carbonyl (C=O) groups is 4. The van der Waals surface area contributed by atoms with Gasteiger partial charge in [-0.1, -0.05) is 124 Å². The molecule has 18 rings (SSSR count). The Balaban J connectivity index is 0.000000146. The maximum atomic E-state index is 15.3. The molecule has 36 nitrogen and oxygen atoms in total. The molecule has 8 aromatic heterocycles. The zero-order valence-electron chi connectivity index (χ0n) is 80.3. The lowest BCUT2D eigenvalue weighted by Gasteiger charge is -2.45. The van der Waals surface area contributed by atoms with Crippen molar-refractivity contribution in [3.63, 3.8) is 0 Å². The van der Waals surface area contributed by atoms with Crippen LogP contribution < -0.4 is 74.6 Å². The Bertz CT molecular complexity index is 6930. The van der Waals surface area contributed by atoms with Crippen molar-refractivity contribution in [3.8, 4) is 22.7 Å². The number of aryl methyl sites for hydroxylation is 4. The number of rotatable bonds is 20. The second-order valence-electron chi connectivity index (χ2n) is 34.9. The van der Waals surface area contributed by atoms with Gasteiger partial charge in [-0.25, -0.2) is 47.5 Å². The van der Waals surface area contributed by atoms with Crippen molar-refractivity contribution in [2.45, 2.75) is 67.5 Å². The summed E-state index contributed by atoms with van der Waals surface area (Å²) in [7, 11) is 0. The summed E-state index contributed by atoms with van der Waals surface area (Å²) in [5, 5.41) is 1.48. The highest BCUT2D eigenvalue weighted by atomic mass is 35.5. The molecule has 6 aliphatic rings. The summed E-state index contributed by atoms with van der Waals surface area (Å²) in [6.45, 7) is 44.3. The Hall–Kier alpha value is -13.7. The lowest BCUT2D eigenvalue weighted by molar-refractivity contribution is -0.127. The summed E-state index contributed by atoms with van der Waals surface area (Å²) >= 11 is 36.4. The van der Waals surface area contributed by atoms with Crippen molar-refractivity contribution in [2.75, 3.05) is 209 Å². The van der Waals surface area contributed by atoms with Crippen LogP contribution in [0.3, 0.4) is 0 Å². The van der Waals surface area contributed by atoms with Gasteiger partial charge >= 0.3 is 0 Å². The first-order chi connectivity index (χ1) is 68.8.